The van der Waals surface area contributed by atoms with Crippen LogP contribution in [0.4, 0.5) is 0 Å². The van der Waals surface area contributed by atoms with Gasteiger partial charge in [0.15, 0.2) is 0 Å². The Hall–Kier alpha value is -1.82. The molecule has 0 aliphatic heterocycles. The number of benzene rings is 1. The molecule has 0 saturated carbocycles. The van der Waals surface area contributed by atoms with E-state index in [0.717, 1.165) is 12.0 Å². The zero-order valence-electron chi connectivity index (χ0n) is 10.5. The Morgan fingerprint density at radius 3 is 2.35 bits per heavy atom. The van der Waals surface area contributed by atoms with Crippen LogP contribution in [0.5, 0.6) is 0 Å². The molecular weight excluding hydrogens is 214 g/mol. The molecule has 0 aliphatic rings. The van der Waals surface area contributed by atoms with Gasteiger partial charge in [-0.1, -0.05) is 19.1 Å². The van der Waals surface area contributed by atoms with Gasteiger partial charge in [-0.2, -0.15) is 5.26 Å². The number of nitriles is 1. The van der Waals surface area contributed by atoms with Gasteiger partial charge in [0.2, 0.25) is 0 Å². The molecule has 0 spiro atoms. The van der Waals surface area contributed by atoms with E-state index >= 15 is 0 Å². The molecule has 0 fully saturated rings. The quantitative estimate of drug-likeness (QED) is 0.748. The molecule has 0 N–H and O–H groups in total. The Morgan fingerprint density at radius 2 is 1.94 bits per heavy atom. The molecule has 3 nitrogen and oxygen atoms in total. The number of hydrogen-bond donors (Lipinski definition) is 0. The minimum absolute atomic E-state index is 0.325. The molecule has 1 unspecified atom stereocenters. The van der Waals surface area contributed by atoms with Crippen molar-refractivity contribution in [1.82, 2.24) is 0 Å². The number of carbonyl (C=O) groups is 1. The number of ether oxygens (including phenoxy) is 1. The highest BCUT2D eigenvalue weighted by Crippen LogP contribution is 2.26. The average Bonchev–Trinajstić information content (AvgIpc) is 2.38. The Balaban J connectivity index is 2.96. The number of esters is 1. The topological polar surface area (TPSA) is 50.1 Å². The number of nitrogens with zero attached hydrogens (tertiary/aromatic N) is 1. The highest BCUT2D eigenvalue weighted by atomic mass is 16.5. The predicted molar refractivity (Wildman–Crippen MR) is 65.7 cm³/mol. The maximum Gasteiger partial charge on any atom is 0.338 e. The van der Waals surface area contributed by atoms with Gasteiger partial charge in [-0.05, 0) is 38.0 Å². The van der Waals surface area contributed by atoms with Crippen LogP contribution in [0.3, 0.4) is 0 Å². The first-order valence-electron chi connectivity index (χ1n) is 5.76. The van der Waals surface area contributed by atoms with Crippen molar-refractivity contribution in [2.75, 3.05) is 6.61 Å². The summed E-state index contributed by atoms with van der Waals surface area (Å²) in [6.45, 7) is 6.01. The number of carbonyl (C=O) groups excluding carboxylic acids is 1. The Kier molecular flexibility index (Phi) is 4.28. The number of rotatable bonds is 4. The molecule has 0 aliphatic carbocycles. The fraction of sp³-hybridized carbons (Fsp3) is 0.429. The van der Waals surface area contributed by atoms with Gasteiger partial charge >= 0.3 is 5.97 Å². The SMILES string of the molecule is CCOC(=O)c1ccc(C(C)(C#N)CC)cc1. The standard InChI is InChI=1S/C14H17NO2/c1-4-14(3,10-15)12-8-6-11(7-9-12)13(16)17-5-2/h6-9H,4-5H2,1-3H3. The van der Waals surface area contributed by atoms with E-state index in [1.165, 1.54) is 0 Å². The van der Waals surface area contributed by atoms with E-state index in [0.29, 0.717) is 12.2 Å². The maximum atomic E-state index is 11.5. The molecule has 0 amide bonds. The maximum absolute atomic E-state index is 11.5. The lowest BCUT2D eigenvalue weighted by Gasteiger charge is -2.19. The summed E-state index contributed by atoms with van der Waals surface area (Å²) in [5, 5.41) is 9.16. The monoisotopic (exact) mass is 231 g/mol. The molecule has 0 heterocycles. The second-order valence-corrected chi connectivity index (χ2v) is 4.10. The molecule has 1 aromatic carbocycles. The van der Waals surface area contributed by atoms with Crippen molar-refractivity contribution < 1.29 is 9.53 Å². The summed E-state index contributed by atoms with van der Waals surface area (Å²) < 4.78 is 4.90. The zero-order valence-corrected chi connectivity index (χ0v) is 10.5. The molecule has 17 heavy (non-hydrogen) atoms. The summed E-state index contributed by atoms with van der Waals surface area (Å²) in [5.41, 5.74) is 0.954. The van der Waals surface area contributed by atoms with Gasteiger partial charge in [-0.25, -0.2) is 4.79 Å². The van der Waals surface area contributed by atoms with Gasteiger partial charge in [-0.15, -0.1) is 0 Å². The third kappa shape index (κ3) is 2.85. The molecule has 0 bridgehead atoms. The lowest BCUT2D eigenvalue weighted by Crippen LogP contribution is -2.18. The fourth-order valence-electron chi connectivity index (χ4n) is 1.54. The fourth-order valence-corrected chi connectivity index (χ4v) is 1.54. The van der Waals surface area contributed by atoms with E-state index in [-0.39, 0.29) is 5.97 Å². The Labute approximate surface area is 102 Å². The smallest absolute Gasteiger partial charge is 0.338 e. The second-order valence-electron chi connectivity index (χ2n) is 4.10. The minimum Gasteiger partial charge on any atom is -0.462 e. The van der Waals surface area contributed by atoms with Gasteiger partial charge in [0.25, 0.3) is 0 Å². The summed E-state index contributed by atoms with van der Waals surface area (Å²) in [5.74, 6) is -0.325. The van der Waals surface area contributed by atoms with Crippen LogP contribution < -0.4 is 0 Å². The van der Waals surface area contributed by atoms with Crippen LogP contribution in [0.1, 0.15) is 43.1 Å². The molecule has 0 saturated heterocycles. The molecule has 1 atom stereocenters. The molecule has 3 heteroatoms. The first-order valence-corrected chi connectivity index (χ1v) is 5.76. The first-order chi connectivity index (χ1) is 8.07. The van der Waals surface area contributed by atoms with Gasteiger partial charge in [0, 0.05) is 0 Å². The van der Waals surface area contributed by atoms with E-state index in [4.69, 9.17) is 10.00 Å². The van der Waals surface area contributed by atoms with E-state index in [2.05, 4.69) is 6.07 Å². The zero-order chi connectivity index (χ0) is 12.9. The van der Waals surface area contributed by atoms with Gasteiger partial charge in [-0.3, -0.25) is 0 Å². The van der Waals surface area contributed by atoms with E-state index in [1.54, 1.807) is 19.1 Å². The summed E-state index contributed by atoms with van der Waals surface area (Å²) in [6, 6.07) is 9.35. The van der Waals surface area contributed by atoms with Crippen LogP contribution >= 0.6 is 0 Å². The highest BCUT2D eigenvalue weighted by molar-refractivity contribution is 5.89. The summed E-state index contributed by atoms with van der Waals surface area (Å²) in [6.07, 6.45) is 0.738. The van der Waals surface area contributed by atoms with Crippen molar-refractivity contribution in [3.63, 3.8) is 0 Å². The molecule has 90 valence electrons. The van der Waals surface area contributed by atoms with Crippen LogP contribution in [0.25, 0.3) is 0 Å². The van der Waals surface area contributed by atoms with Crippen LogP contribution in [-0.4, -0.2) is 12.6 Å². The minimum atomic E-state index is -0.493. The molecule has 0 radical (unpaired) electrons. The summed E-state index contributed by atoms with van der Waals surface area (Å²) in [7, 11) is 0. The second kappa shape index (κ2) is 5.49. The highest BCUT2D eigenvalue weighted by Gasteiger charge is 2.24. The van der Waals surface area contributed by atoms with Crippen molar-refractivity contribution in [3.05, 3.63) is 35.4 Å². The summed E-state index contributed by atoms with van der Waals surface area (Å²) >= 11 is 0. The van der Waals surface area contributed by atoms with Crippen molar-refractivity contribution >= 4 is 5.97 Å². The van der Waals surface area contributed by atoms with Gasteiger partial charge in [0.05, 0.1) is 23.7 Å². The van der Waals surface area contributed by atoms with Crippen LogP contribution in [0.15, 0.2) is 24.3 Å². The molecular formula is C14H17NO2. The lowest BCUT2D eigenvalue weighted by molar-refractivity contribution is 0.0526. The Bertz CT molecular complexity index is 431. The normalized spacial score (nSPS) is 13.5. The molecule has 1 aromatic rings. The number of hydrogen-bond acceptors (Lipinski definition) is 3. The average molecular weight is 231 g/mol. The van der Waals surface area contributed by atoms with E-state index < -0.39 is 5.41 Å². The third-order valence-corrected chi connectivity index (χ3v) is 2.99. The van der Waals surface area contributed by atoms with Gasteiger partial charge < -0.3 is 4.74 Å². The largest absolute Gasteiger partial charge is 0.462 e. The third-order valence-electron chi connectivity index (χ3n) is 2.99. The van der Waals surface area contributed by atoms with Crippen molar-refractivity contribution in [1.29, 1.82) is 5.26 Å². The Morgan fingerprint density at radius 1 is 1.35 bits per heavy atom. The lowest BCUT2D eigenvalue weighted by atomic mass is 9.81. The summed E-state index contributed by atoms with van der Waals surface area (Å²) in [4.78, 5) is 11.5. The van der Waals surface area contributed by atoms with Crippen LogP contribution in [0, 0.1) is 11.3 Å². The van der Waals surface area contributed by atoms with Crippen molar-refractivity contribution in [2.45, 2.75) is 32.6 Å². The predicted octanol–water partition coefficient (Wildman–Crippen LogP) is 3.05. The molecule has 0 aromatic heterocycles. The van der Waals surface area contributed by atoms with E-state index in [1.807, 2.05) is 26.0 Å². The van der Waals surface area contributed by atoms with Crippen LogP contribution in [0.2, 0.25) is 0 Å². The van der Waals surface area contributed by atoms with Gasteiger partial charge in [0.1, 0.15) is 0 Å². The van der Waals surface area contributed by atoms with Crippen LogP contribution in [-0.2, 0) is 10.2 Å². The van der Waals surface area contributed by atoms with Crippen molar-refractivity contribution in [3.8, 4) is 6.07 Å². The molecule has 1 rings (SSSR count). The first kappa shape index (κ1) is 13.2. The van der Waals surface area contributed by atoms with Crippen molar-refractivity contribution in [2.24, 2.45) is 0 Å². The van der Waals surface area contributed by atoms with E-state index in [9.17, 15) is 4.79 Å².